The Morgan fingerprint density at radius 1 is 0.735 bits per heavy atom. The van der Waals surface area contributed by atoms with E-state index >= 15 is 0 Å². The number of ether oxygens (including phenoxy) is 4. The summed E-state index contributed by atoms with van der Waals surface area (Å²) in [6.07, 6.45) is 2.00. The SMILES string of the molecule is COc1cccc(COc2ccccc2NCCCN(C)CCc2ccc(OC)c(OC)c2)c1. The van der Waals surface area contributed by atoms with Gasteiger partial charge in [-0.25, -0.2) is 0 Å². The molecule has 182 valence electrons. The second-order valence-electron chi connectivity index (χ2n) is 8.16. The lowest BCUT2D eigenvalue weighted by atomic mass is 10.1. The fourth-order valence-corrected chi connectivity index (χ4v) is 3.70. The van der Waals surface area contributed by atoms with E-state index in [-0.39, 0.29) is 0 Å². The van der Waals surface area contributed by atoms with Gasteiger partial charge in [0.05, 0.1) is 27.0 Å². The number of para-hydroxylation sites is 2. The number of nitrogens with one attached hydrogen (secondary N) is 1. The minimum Gasteiger partial charge on any atom is -0.497 e. The molecule has 0 saturated heterocycles. The molecule has 0 unspecified atom stereocenters. The second kappa shape index (κ2) is 13.4. The average Bonchev–Trinajstić information content (AvgIpc) is 2.89. The van der Waals surface area contributed by atoms with Crippen LogP contribution in [0.1, 0.15) is 17.5 Å². The first-order chi connectivity index (χ1) is 16.6. The molecule has 0 aliphatic rings. The fraction of sp³-hybridized carbons (Fsp3) is 0.357. The Labute approximate surface area is 203 Å². The molecule has 3 rings (SSSR count). The maximum absolute atomic E-state index is 6.08. The lowest BCUT2D eigenvalue weighted by Gasteiger charge is -2.18. The minimum absolute atomic E-state index is 0.495. The van der Waals surface area contributed by atoms with Crippen LogP contribution in [0.4, 0.5) is 5.69 Å². The number of hydrogen-bond donors (Lipinski definition) is 1. The van der Waals surface area contributed by atoms with Crippen molar-refractivity contribution in [2.75, 3.05) is 53.3 Å². The molecule has 1 N–H and O–H groups in total. The molecule has 34 heavy (non-hydrogen) atoms. The van der Waals surface area contributed by atoms with Gasteiger partial charge in [0.15, 0.2) is 11.5 Å². The summed E-state index contributed by atoms with van der Waals surface area (Å²) in [6, 6.07) is 22.1. The van der Waals surface area contributed by atoms with E-state index in [0.29, 0.717) is 6.61 Å². The second-order valence-corrected chi connectivity index (χ2v) is 8.16. The Kier molecular flexibility index (Phi) is 9.92. The molecule has 0 radical (unpaired) electrons. The van der Waals surface area contributed by atoms with Crippen LogP contribution in [0.3, 0.4) is 0 Å². The van der Waals surface area contributed by atoms with E-state index in [1.807, 2.05) is 48.5 Å². The van der Waals surface area contributed by atoms with Crippen molar-refractivity contribution in [3.63, 3.8) is 0 Å². The van der Waals surface area contributed by atoms with Crippen LogP contribution < -0.4 is 24.3 Å². The van der Waals surface area contributed by atoms with E-state index < -0.39 is 0 Å². The van der Waals surface area contributed by atoms with Crippen molar-refractivity contribution in [3.8, 4) is 23.0 Å². The number of rotatable bonds is 14. The molecule has 0 saturated carbocycles. The fourth-order valence-electron chi connectivity index (χ4n) is 3.70. The maximum Gasteiger partial charge on any atom is 0.160 e. The molecule has 0 aliphatic carbocycles. The zero-order valence-corrected chi connectivity index (χ0v) is 20.7. The topological polar surface area (TPSA) is 52.2 Å². The summed E-state index contributed by atoms with van der Waals surface area (Å²) >= 11 is 0. The molecule has 0 aliphatic heterocycles. The molecule has 3 aromatic rings. The molecular weight excluding hydrogens is 428 g/mol. The summed E-state index contributed by atoms with van der Waals surface area (Å²) in [6.45, 7) is 3.36. The van der Waals surface area contributed by atoms with Gasteiger partial charge in [-0.15, -0.1) is 0 Å². The summed E-state index contributed by atoms with van der Waals surface area (Å²) in [5.74, 6) is 3.23. The molecule has 0 heterocycles. The van der Waals surface area contributed by atoms with E-state index in [0.717, 1.165) is 66.7 Å². The third-order valence-corrected chi connectivity index (χ3v) is 5.68. The first-order valence-corrected chi connectivity index (χ1v) is 11.6. The van der Waals surface area contributed by atoms with Gasteiger partial charge in [0, 0.05) is 13.1 Å². The van der Waals surface area contributed by atoms with Crippen LogP contribution in [0.25, 0.3) is 0 Å². The Bertz CT molecular complexity index is 1020. The van der Waals surface area contributed by atoms with Crippen molar-refractivity contribution in [3.05, 3.63) is 77.9 Å². The summed E-state index contributed by atoms with van der Waals surface area (Å²) < 4.78 is 22.1. The number of benzene rings is 3. The van der Waals surface area contributed by atoms with Crippen LogP contribution in [-0.4, -0.2) is 52.9 Å². The molecule has 0 amide bonds. The van der Waals surface area contributed by atoms with E-state index in [1.165, 1.54) is 5.56 Å². The summed E-state index contributed by atoms with van der Waals surface area (Å²) in [5.41, 5.74) is 3.33. The van der Waals surface area contributed by atoms with Crippen LogP contribution in [0.2, 0.25) is 0 Å². The van der Waals surface area contributed by atoms with Crippen molar-refractivity contribution in [1.29, 1.82) is 0 Å². The molecule has 0 fully saturated rings. The molecular formula is C28H36N2O4. The molecule has 0 bridgehead atoms. The lowest BCUT2D eigenvalue weighted by molar-refractivity contribution is 0.306. The molecule has 6 nitrogen and oxygen atoms in total. The van der Waals surface area contributed by atoms with E-state index in [1.54, 1.807) is 21.3 Å². The van der Waals surface area contributed by atoms with Crippen LogP contribution in [0.15, 0.2) is 66.7 Å². The monoisotopic (exact) mass is 464 g/mol. The van der Waals surface area contributed by atoms with Crippen LogP contribution in [0, 0.1) is 0 Å². The number of likely N-dealkylation sites (N-methyl/N-ethyl adjacent to an activating group) is 1. The molecule has 6 heteroatoms. The van der Waals surface area contributed by atoms with Gasteiger partial charge in [-0.3, -0.25) is 0 Å². The normalized spacial score (nSPS) is 10.7. The third kappa shape index (κ3) is 7.59. The van der Waals surface area contributed by atoms with Crippen LogP contribution in [0.5, 0.6) is 23.0 Å². The number of methoxy groups -OCH3 is 3. The van der Waals surface area contributed by atoms with Crippen molar-refractivity contribution >= 4 is 5.69 Å². The van der Waals surface area contributed by atoms with Crippen molar-refractivity contribution in [2.24, 2.45) is 0 Å². The zero-order chi connectivity index (χ0) is 24.2. The van der Waals surface area contributed by atoms with E-state index in [4.69, 9.17) is 18.9 Å². The van der Waals surface area contributed by atoms with Crippen molar-refractivity contribution in [2.45, 2.75) is 19.4 Å². The predicted molar refractivity (Wildman–Crippen MR) is 138 cm³/mol. The highest BCUT2D eigenvalue weighted by Gasteiger charge is 2.07. The third-order valence-electron chi connectivity index (χ3n) is 5.68. The zero-order valence-electron chi connectivity index (χ0n) is 20.7. The van der Waals surface area contributed by atoms with Gasteiger partial charge < -0.3 is 29.2 Å². The first-order valence-electron chi connectivity index (χ1n) is 11.6. The molecule has 0 spiro atoms. The van der Waals surface area contributed by atoms with Crippen LogP contribution >= 0.6 is 0 Å². The Balaban J connectivity index is 1.41. The number of hydrogen-bond acceptors (Lipinski definition) is 6. The number of nitrogens with zero attached hydrogens (tertiary/aromatic N) is 1. The average molecular weight is 465 g/mol. The Hall–Kier alpha value is -3.38. The maximum atomic E-state index is 6.08. The minimum atomic E-state index is 0.495. The van der Waals surface area contributed by atoms with Crippen molar-refractivity contribution < 1.29 is 18.9 Å². The van der Waals surface area contributed by atoms with Gasteiger partial charge in [0.25, 0.3) is 0 Å². The lowest BCUT2D eigenvalue weighted by Crippen LogP contribution is -2.24. The van der Waals surface area contributed by atoms with E-state index in [9.17, 15) is 0 Å². The Morgan fingerprint density at radius 3 is 2.35 bits per heavy atom. The van der Waals surface area contributed by atoms with Crippen molar-refractivity contribution in [1.82, 2.24) is 4.90 Å². The standard InChI is InChI=1S/C28H36N2O4/c1-30(18-15-22-13-14-27(32-3)28(20-22)33-4)17-8-16-29-25-11-5-6-12-26(25)34-21-23-9-7-10-24(19-23)31-2/h5-7,9-14,19-20,29H,8,15-18,21H2,1-4H3. The smallest absolute Gasteiger partial charge is 0.160 e. The van der Waals surface area contributed by atoms with E-state index in [2.05, 4.69) is 35.5 Å². The van der Waals surface area contributed by atoms with Gasteiger partial charge in [-0.05, 0) is 74.0 Å². The first kappa shape index (κ1) is 25.2. The highest BCUT2D eigenvalue weighted by atomic mass is 16.5. The molecule has 0 aromatic heterocycles. The van der Waals surface area contributed by atoms with Gasteiger partial charge in [0.1, 0.15) is 18.1 Å². The van der Waals surface area contributed by atoms with Gasteiger partial charge >= 0.3 is 0 Å². The largest absolute Gasteiger partial charge is 0.497 e. The highest BCUT2D eigenvalue weighted by molar-refractivity contribution is 5.56. The Morgan fingerprint density at radius 2 is 1.56 bits per heavy atom. The molecule has 0 atom stereocenters. The highest BCUT2D eigenvalue weighted by Crippen LogP contribution is 2.28. The van der Waals surface area contributed by atoms with Gasteiger partial charge in [0.2, 0.25) is 0 Å². The van der Waals surface area contributed by atoms with Gasteiger partial charge in [-0.2, -0.15) is 0 Å². The molecule has 3 aromatic carbocycles. The van der Waals surface area contributed by atoms with Crippen LogP contribution in [-0.2, 0) is 13.0 Å². The quantitative estimate of drug-likeness (QED) is 0.328. The number of anilines is 1. The summed E-state index contributed by atoms with van der Waals surface area (Å²) in [4.78, 5) is 2.35. The van der Waals surface area contributed by atoms with Gasteiger partial charge in [-0.1, -0.05) is 30.3 Å². The predicted octanol–water partition coefficient (Wildman–Crippen LogP) is 5.27. The summed E-state index contributed by atoms with van der Waals surface area (Å²) in [5, 5.41) is 3.52. The summed E-state index contributed by atoms with van der Waals surface area (Å²) in [7, 11) is 7.16.